The number of aromatic nitrogens is 2. The average molecular weight is 392 g/mol. The Labute approximate surface area is 165 Å². The van der Waals surface area contributed by atoms with Gasteiger partial charge in [0, 0.05) is 23.7 Å². The van der Waals surface area contributed by atoms with Crippen molar-refractivity contribution < 1.29 is 9.59 Å². The summed E-state index contributed by atoms with van der Waals surface area (Å²) >= 11 is 0. The lowest BCUT2D eigenvalue weighted by molar-refractivity contribution is -0.116. The quantitative estimate of drug-likeness (QED) is 0.591. The van der Waals surface area contributed by atoms with Gasteiger partial charge in [-0.1, -0.05) is 12.1 Å². The van der Waals surface area contributed by atoms with Crippen molar-refractivity contribution in [1.29, 1.82) is 0 Å². The van der Waals surface area contributed by atoms with Gasteiger partial charge in [-0.15, -0.1) is 0 Å². The van der Waals surface area contributed by atoms with E-state index in [0.29, 0.717) is 22.0 Å². The summed E-state index contributed by atoms with van der Waals surface area (Å²) in [7, 11) is 0. The number of nitrogens with zero attached hydrogens (tertiary/aromatic N) is 1. The maximum atomic E-state index is 12.5. The summed E-state index contributed by atoms with van der Waals surface area (Å²) in [6.07, 6.45) is 2.05. The van der Waals surface area contributed by atoms with Crippen LogP contribution in [0, 0.1) is 0 Å². The van der Waals surface area contributed by atoms with Crippen LogP contribution in [0.1, 0.15) is 29.6 Å². The van der Waals surface area contributed by atoms with Crippen LogP contribution in [-0.2, 0) is 11.3 Å². The molecule has 3 aromatic rings. The van der Waals surface area contributed by atoms with E-state index in [1.165, 1.54) is 0 Å². The number of amides is 2. The van der Waals surface area contributed by atoms with E-state index in [2.05, 4.69) is 15.7 Å². The molecule has 0 atom stereocenters. The summed E-state index contributed by atoms with van der Waals surface area (Å²) in [5, 5.41) is 8.77. The summed E-state index contributed by atoms with van der Waals surface area (Å²) in [6.45, 7) is 0.0482. The van der Waals surface area contributed by atoms with Crippen molar-refractivity contribution in [1.82, 2.24) is 15.1 Å². The molecule has 148 valence electrons. The SMILES string of the molecule is O=C(CCn1[nH]c(=O)c2ccccc2c1=O)Nc1ccc(C(=O)NC2CC2)cc1. The van der Waals surface area contributed by atoms with Gasteiger partial charge in [-0.3, -0.25) is 24.3 Å². The Hall–Kier alpha value is -3.68. The number of carbonyl (C=O) groups is 2. The van der Waals surface area contributed by atoms with Gasteiger partial charge in [0.15, 0.2) is 0 Å². The smallest absolute Gasteiger partial charge is 0.273 e. The lowest BCUT2D eigenvalue weighted by atomic mass is 10.2. The largest absolute Gasteiger partial charge is 0.349 e. The number of hydrogen-bond donors (Lipinski definition) is 3. The zero-order valence-corrected chi connectivity index (χ0v) is 15.6. The Kier molecular flexibility index (Phi) is 4.99. The van der Waals surface area contributed by atoms with E-state index in [4.69, 9.17) is 0 Å². The Morgan fingerprint density at radius 3 is 2.38 bits per heavy atom. The first-order valence-electron chi connectivity index (χ1n) is 9.44. The van der Waals surface area contributed by atoms with E-state index in [-0.39, 0.29) is 41.9 Å². The number of H-pyrrole nitrogens is 1. The van der Waals surface area contributed by atoms with Crippen LogP contribution in [0.15, 0.2) is 58.1 Å². The number of hydrogen-bond acceptors (Lipinski definition) is 4. The maximum Gasteiger partial charge on any atom is 0.273 e. The van der Waals surface area contributed by atoms with Crippen molar-refractivity contribution in [3.63, 3.8) is 0 Å². The zero-order chi connectivity index (χ0) is 20.4. The summed E-state index contributed by atoms with van der Waals surface area (Å²) in [6, 6.07) is 13.5. The molecule has 0 aliphatic heterocycles. The molecule has 0 spiro atoms. The standard InChI is InChI=1S/C21H20N4O4/c26-18(22-14-7-5-13(6-8-14)19(27)23-15-9-10-15)11-12-25-21(29)17-4-2-1-3-16(17)20(28)24-25/h1-8,15H,9-12H2,(H,22,26)(H,23,27)(H,24,28). The van der Waals surface area contributed by atoms with Crippen LogP contribution in [0.2, 0.25) is 0 Å². The number of carbonyl (C=O) groups excluding carboxylic acids is 2. The molecule has 1 heterocycles. The molecule has 0 radical (unpaired) electrons. The van der Waals surface area contributed by atoms with Crippen LogP contribution in [0.25, 0.3) is 10.8 Å². The second kappa shape index (κ2) is 7.75. The van der Waals surface area contributed by atoms with Crippen LogP contribution < -0.4 is 21.8 Å². The molecule has 2 amide bonds. The molecule has 4 rings (SSSR count). The summed E-state index contributed by atoms with van der Waals surface area (Å²) in [5.41, 5.74) is 0.368. The van der Waals surface area contributed by atoms with E-state index >= 15 is 0 Å². The number of benzene rings is 2. The van der Waals surface area contributed by atoms with Crippen molar-refractivity contribution in [2.45, 2.75) is 31.8 Å². The topological polar surface area (TPSA) is 113 Å². The van der Waals surface area contributed by atoms with E-state index in [1.54, 1.807) is 48.5 Å². The summed E-state index contributed by atoms with van der Waals surface area (Å²) < 4.78 is 1.15. The molecule has 1 aliphatic carbocycles. The fourth-order valence-electron chi connectivity index (χ4n) is 3.04. The number of nitrogens with one attached hydrogen (secondary N) is 3. The first kappa shape index (κ1) is 18.7. The van der Waals surface area contributed by atoms with Gasteiger partial charge in [0.25, 0.3) is 17.0 Å². The third-order valence-electron chi connectivity index (χ3n) is 4.79. The first-order valence-corrected chi connectivity index (χ1v) is 9.44. The van der Waals surface area contributed by atoms with Crippen LogP contribution in [0.5, 0.6) is 0 Å². The van der Waals surface area contributed by atoms with Gasteiger partial charge in [-0.2, -0.15) is 0 Å². The minimum Gasteiger partial charge on any atom is -0.349 e. The number of aromatic amines is 1. The Morgan fingerprint density at radius 2 is 1.69 bits per heavy atom. The fourth-order valence-corrected chi connectivity index (χ4v) is 3.04. The predicted octanol–water partition coefficient (Wildman–Crippen LogP) is 1.61. The molecular weight excluding hydrogens is 372 g/mol. The highest BCUT2D eigenvalue weighted by Crippen LogP contribution is 2.19. The molecule has 8 nitrogen and oxygen atoms in total. The minimum absolute atomic E-state index is 0.0120. The molecule has 1 aliphatic rings. The second-order valence-corrected chi connectivity index (χ2v) is 7.07. The monoisotopic (exact) mass is 392 g/mol. The molecule has 2 aromatic carbocycles. The van der Waals surface area contributed by atoms with Crippen molar-refractivity contribution in [2.24, 2.45) is 0 Å². The minimum atomic E-state index is -0.374. The molecular formula is C21H20N4O4. The lowest BCUT2D eigenvalue weighted by Gasteiger charge is -2.09. The van der Waals surface area contributed by atoms with Crippen molar-refractivity contribution >= 4 is 28.3 Å². The number of aryl methyl sites for hydroxylation is 1. The predicted molar refractivity (Wildman–Crippen MR) is 109 cm³/mol. The molecule has 8 heteroatoms. The molecule has 1 saturated carbocycles. The van der Waals surface area contributed by atoms with Crippen LogP contribution in [0.4, 0.5) is 5.69 Å². The van der Waals surface area contributed by atoms with Crippen molar-refractivity contribution in [3.8, 4) is 0 Å². The number of rotatable bonds is 6. The molecule has 3 N–H and O–H groups in total. The van der Waals surface area contributed by atoms with Crippen LogP contribution in [0.3, 0.4) is 0 Å². The highest BCUT2D eigenvalue weighted by Gasteiger charge is 2.23. The Morgan fingerprint density at radius 1 is 1.00 bits per heavy atom. The summed E-state index contributed by atoms with van der Waals surface area (Å²) in [5.74, 6) is -0.425. The van der Waals surface area contributed by atoms with Gasteiger partial charge >= 0.3 is 0 Å². The van der Waals surface area contributed by atoms with Gasteiger partial charge in [0.1, 0.15) is 0 Å². The molecule has 1 aromatic heterocycles. The van der Waals surface area contributed by atoms with Gasteiger partial charge < -0.3 is 10.6 Å². The summed E-state index contributed by atoms with van der Waals surface area (Å²) in [4.78, 5) is 48.8. The lowest BCUT2D eigenvalue weighted by Crippen LogP contribution is -2.31. The van der Waals surface area contributed by atoms with Crippen LogP contribution in [-0.4, -0.2) is 27.6 Å². The van der Waals surface area contributed by atoms with Crippen molar-refractivity contribution in [3.05, 3.63) is 74.8 Å². The third kappa shape index (κ3) is 4.26. The Balaban J connectivity index is 1.38. The van der Waals surface area contributed by atoms with Gasteiger partial charge in [0.2, 0.25) is 5.91 Å². The molecule has 0 saturated heterocycles. The average Bonchev–Trinajstić information content (AvgIpc) is 3.54. The highest BCUT2D eigenvalue weighted by atomic mass is 16.2. The van der Waals surface area contributed by atoms with E-state index < -0.39 is 0 Å². The number of anilines is 1. The Bertz CT molecular complexity index is 1190. The van der Waals surface area contributed by atoms with E-state index in [9.17, 15) is 19.2 Å². The van der Waals surface area contributed by atoms with E-state index in [1.807, 2.05) is 0 Å². The highest BCUT2D eigenvalue weighted by molar-refractivity contribution is 5.96. The first-order chi connectivity index (χ1) is 14.0. The van der Waals surface area contributed by atoms with Gasteiger partial charge in [0.05, 0.1) is 17.3 Å². The van der Waals surface area contributed by atoms with E-state index in [0.717, 1.165) is 17.5 Å². The second-order valence-electron chi connectivity index (χ2n) is 7.07. The van der Waals surface area contributed by atoms with Crippen LogP contribution >= 0.6 is 0 Å². The zero-order valence-electron chi connectivity index (χ0n) is 15.6. The number of fused-ring (bicyclic) bond motifs is 1. The third-order valence-corrected chi connectivity index (χ3v) is 4.79. The molecule has 1 fully saturated rings. The van der Waals surface area contributed by atoms with Crippen molar-refractivity contribution in [2.75, 3.05) is 5.32 Å². The normalized spacial score (nSPS) is 13.2. The molecule has 29 heavy (non-hydrogen) atoms. The fraction of sp³-hybridized carbons (Fsp3) is 0.238. The molecule has 0 bridgehead atoms. The maximum absolute atomic E-state index is 12.5. The van der Waals surface area contributed by atoms with Gasteiger partial charge in [-0.25, -0.2) is 4.68 Å². The van der Waals surface area contributed by atoms with Gasteiger partial charge in [-0.05, 0) is 49.2 Å². The molecule has 0 unspecified atom stereocenters.